The molecule has 164 valence electrons. The van der Waals surface area contributed by atoms with Gasteiger partial charge in [0, 0.05) is 29.9 Å². The first-order chi connectivity index (χ1) is 14.5. The molecule has 5 heteroatoms. The highest BCUT2D eigenvalue weighted by Crippen LogP contribution is 2.27. The van der Waals surface area contributed by atoms with Crippen LogP contribution in [0.3, 0.4) is 0 Å². The fourth-order valence-electron chi connectivity index (χ4n) is 5.76. The summed E-state index contributed by atoms with van der Waals surface area (Å²) in [5.41, 5.74) is 4.47. The van der Waals surface area contributed by atoms with Gasteiger partial charge in [-0.3, -0.25) is 0 Å². The molecular weight excluding hydrogens is 376 g/mol. The van der Waals surface area contributed by atoms with E-state index in [9.17, 15) is 4.79 Å². The zero-order chi connectivity index (χ0) is 21.1. The molecule has 2 aromatic rings. The number of fused-ring (bicyclic) bond motifs is 1. The van der Waals surface area contributed by atoms with Crippen LogP contribution in [0.25, 0.3) is 11.0 Å². The van der Waals surface area contributed by atoms with Crippen molar-refractivity contribution >= 4 is 11.0 Å². The summed E-state index contributed by atoms with van der Waals surface area (Å²) in [5, 5.41) is 3.54. The average Bonchev–Trinajstić information content (AvgIpc) is 2.74. The van der Waals surface area contributed by atoms with Gasteiger partial charge in [-0.05, 0) is 48.9 Å². The fraction of sp³-hybridized carbons (Fsp3) is 0.640. The monoisotopic (exact) mass is 414 g/mol. The maximum Gasteiger partial charge on any atom is 0.336 e. The average molecular weight is 415 g/mol. The van der Waals surface area contributed by atoms with Crippen molar-refractivity contribution in [3.8, 4) is 0 Å². The Balaban J connectivity index is 1.56. The summed E-state index contributed by atoms with van der Waals surface area (Å²) in [6.45, 7) is 12.5. The number of aryl methyl sites for hydroxylation is 1. The number of quaternary nitrogens is 2. The van der Waals surface area contributed by atoms with Crippen molar-refractivity contribution in [2.75, 3.05) is 32.8 Å². The predicted octanol–water partition coefficient (Wildman–Crippen LogP) is 1.91. The molecule has 0 radical (unpaired) electrons. The van der Waals surface area contributed by atoms with Gasteiger partial charge in [0.2, 0.25) is 0 Å². The summed E-state index contributed by atoms with van der Waals surface area (Å²) in [6.07, 6.45) is 6.67. The first kappa shape index (κ1) is 21.5. The van der Waals surface area contributed by atoms with E-state index in [0.29, 0.717) is 11.5 Å². The standard InChI is InChI=1S/C25H36N2O3/c1-18(2)21-15-22-20(14-24(28)30-23(22)13-19(21)3)16-26-17-25(7-5-4-6-8-25)27-9-11-29-12-10-27/h13-15,18,26H,4-12,16-17H2,1-3H3/p+2. The fourth-order valence-corrected chi connectivity index (χ4v) is 5.76. The lowest BCUT2D eigenvalue weighted by atomic mass is 9.79. The Hall–Kier alpha value is -1.69. The van der Waals surface area contributed by atoms with E-state index in [0.717, 1.165) is 55.9 Å². The maximum atomic E-state index is 12.2. The third-order valence-corrected chi connectivity index (χ3v) is 7.40. The van der Waals surface area contributed by atoms with Crippen LogP contribution >= 0.6 is 0 Å². The van der Waals surface area contributed by atoms with Crippen LogP contribution in [0.1, 0.15) is 68.6 Å². The lowest BCUT2D eigenvalue weighted by molar-refractivity contribution is -0.975. The molecule has 1 saturated heterocycles. The molecule has 0 amide bonds. The van der Waals surface area contributed by atoms with Crippen LogP contribution in [0.2, 0.25) is 0 Å². The number of benzene rings is 1. The quantitative estimate of drug-likeness (QED) is 0.710. The molecule has 4 rings (SSSR count). The van der Waals surface area contributed by atoms with Crippen molar-refractivity contribution in [1.29, 1.82) is 0 Å². The van der Waals surface area contributed by atoms with Crippen molar-refractivity contribution in [1.82, 2.24) is 0 Å². The van der Waals surface area contributed by atoms with Gasteiger partial charge >= 0.3 is 5.63 Å². The minimum Gasteiger partial charge on any atom is -0.423 e. The third-order valence-electron chi connectivity index (χ3n) is 7.40. The molecular formula is C25H38N2O3+2. The highest BCUT2D eigenvalue weighted by atomic mass is 16.5. The van der Waals surface area contributed by atoms with E-state index >= 15 is 0 Å². The van der Waals surface area contributed by atoms with Crippen LogP contribution < -0.4 is 15.8 Å². The largest absolute Gasteiger partial charge is 0.423 e. The Labute approximate surface area is 179 Å². The van der Waals surface area contributed by atoms with Crippen LogP contribution in [-0.4, -0.2) is 38.4 Å². The molecule has 30 heavy (non-hydrogen) atoms. The highest BCUT2D eigenvalue weighted by molar-refractivity contribution is 5.82. The minimum absolute atomic E-state index is 0.242. The first-order valence-electron chi connectivity index (χ1n) is 11.8. The molecule has 2 heterocycles. The Morgan fingerprint density at radius 1 is 1.10 bits per heavy atom. The molecule has 0 spiro atoms. The normalized spacial score (nSPS) is 20.1. The molecule has 2 fully saturated rings. The summed E-state index contributed by atoms with van der Waals surface area (Å²) in [4.78, 5) is 13.9. The van der Waals surface area contributed by atoms with Crippen LogP contribution in [0, 0.1) is 6.92 Å². The molecule has 1 aromatic heterocycles. The minimum atomic E-state index is -0.242. The molecule has 3 N–H and O–H groups in total. The topological polar surface area (TPSA) is 60.5 Å². The van der Waals surface area contributed by atoms with Crippen molar-refractivity contribution in [3.05, 3.63) is 45.3 Å². The second kappa shape index (κ2) is 9.21. The van der Waals surface area contributed by atoms with Crippen LogP contribution in [0.15, 0.2) is 27.4 Å². The molecule has 0 atom stereocenters. The van der Waals surface area contributed by atoms with E-state index in [1.165, 1.54) is 43.2 Å². The van der Waals surface area contributed by atoms with Gasteiger partial charge in [-0.1, -0.05) is 20.3 Å². The summed E-state index contributed by atoms with van der Waals surface area (Å²) < 4.78 is 11.2. The maximum absolute atomic E-state index is 12.2. The zero-order valence-corrected chi connectivity index (χ0v) is 18.9. The lowest BCUT2D eigenvalue weighted by Gasteiger charge is -2.43. The first-order valence-corrected chi connectivity index (χ1v) is 11.8. The zero-order valence-electron chi connectivity index (χ0n) is 18.9. The molecule has 0 bridgehead atoms. The predicted molar refractivity (Wildman–Crippen MR) is 119 cm³/mol. The number of morpholine rings is 1. The van der Waals surface area contributed by atoms with Crippen molar-refractivity contribution in [3.63, 3.8) is 0 Å². The Morgan fingerprint density at radius 2 is 1.83 bits per heavy atom. The Morgan fingerprint density at radius 3 is 2.53 bits per heavy atom. The summed E-state index contributed by atoms with van der Waals surface area (Å²) >= 11 is 0. The van der Waals surface area contributed by atoms with Gasteiger partial charge in [0.25, 0.3) is 0 Å². The van der Waals surface area contributed by atoms with E-state index < -0.39 is 0 Å². The third kappa shape index (κ3) is 4.48. The van der Waals surface area contributed by atoms with E-state index in [1.54, 1.807) is 11.0 Å². The van der Waals surface area contributed by atoms with E-state index in [-0.39, 0.29) is 5.63 Å². The van der Waals surface area contributed by atoms with Gasteiger partial charge in [0.15, 0.2) is 0 Å². The van der Waals surface area contributed by atoms with Gasteiger partial charge in [0.05, 0.1) is 13.2 Å². The number of hydrogen-bond donors (Lipinski definition) is 2. The van der Waals surface area contributed by atoms with E-state index in [4.69, 9.17) is 9.15 Å². The number of nitrogens with one attached hydrogen (secondary N) is 1. The lowest BCUT2D eigenvalue weighted by Crippen LogP contribution is -3.24. The van der Waals surface area contributed by atoms with Crippen LogP contribution in [0.4, 0.5) is 0 Å². The SMILES string of the molecule is Cc1cc2oc(=O)cc(C[NH2+]CC3([NH+]4CCOCC4)CCCCC3)c2cc1C(C)C. The van der Waals surface area contributed by atoms with Crippen molar-refractivity contribution in [2.45, 2.75) is 70.9 Å². The summed E-state index contributed by atoms with van der Waals surface area (Å²) in [5.74, 6) is 0.452. The molecule has 1 aromatic carbocycles. The van der Waals surface area contributed by atoms with Gasteiger partial charge in [-0.25, -0.2) is 4.79 Å². The Bertz CT molecular complexity index is 922. The molecule has 0 unspecified atom stereocenters. The van der Waals surface area contributed by atoms with E-state index in [1.807, 2.05) is 6.07 Å². The summed E-state index contributed by atoms with van der Waals surface area (Å²) in [6, 6.07) is 5.98. The van der Waals surface area contributed by atoms with Gasteiger partial charge < -0.3 is 19.4 Å². The number of rotatable bonds is 6. The van der Waals surface area contributed by atoms with Crippen LogP contribution in [-0.2, 0) is 11.3 Å². The van der Waals surface area contributed by atoms with E-state index in [2.05, 4.69) is 32.2 Å². The smallest absolute Gasteiger partial charge is 0.336 e. The van der Waals surface area contributed by atoms with Crippen molar-refractivity contribution in [2.24, 2.45) is 0 Å². The second-order valence-electron chi connectivity index (χ2n) is 9.70. The second-order valence-corrected chi connectivity index (χ2v) is 9.70. The molecule has 1 saturated carbocycles. The van der Waals surface area contributed by atoms with Gasteiger partial charge in [0.1, 0.15) is 37.3 Å². The van der Waals surface area contributed by atoms with Crippen molar-refractivity contribution < 1.29 is 19.4 Å². The molecule has 1 aliphatic carbocycles. The summed E-state index contributed by atoms with van der Waals surface area (Å²) in [7, 11) is 0. The highest BCUT2D eigenvalue weighted by Gasteiger charge is 2.44. The number of ether oxygens (including phenoxy) is 1. The van der Waals surface area contributed by atoms with Crippen LogP contribution in [0.5, 0.6) is 0 Å². The molecule has 1 aliphatic heterocycles. The van der Waals surface area contributed by atoms with Gasteiger partial charge in [-0.15, -0.1) is 0 Å². The number of hydrogen-bond acceptors (Lipinski definition) is 3. The Kier molecular flexibility index (Phi) is 6.61. The number of nitrogens with two attached hydrogens (primary N) is 1. The molecule has 2 aliphatic rings. The van der Waals surface area contributed by atoms with Gasteiger partial charge in [-0.2, -0.15) is 0 Å². The molecule has 5 nitrogen and oxygen atoms in total.